The average Bonchev–Trinajstić information content (AvgIpc) is 3.17. The highest BCUT2D eigenvalue weighted by molar-refractivity contribution is 7.22. The summed E-state index contributed by atoms with van der Waals surface area (Å²) in [5.74, 6) is 0.685. The fourth-order valence-corrected chi connectivity index (χ4v) is 4.21. The van der Waals surface area contributed by atoms with Gasteiger partial charge >= 0.3 is 0 Å². The van der Waals surface area contributed by atoms with Gasteiger partial charge in [-0.1, -0.05) is 65.4 Å². The van der Waals surface area contributed by atoms with Crippen molar-refractivity contribution >= 4 is 32.6 Å². The van der Waals surface area contributed by atoms with Gasteiger partial charge in [-0.05, 0) is 43.7 Å². The molecule has 1 heterocycles. The molecule has 0 N–H and O–H groups in total. The molecule has 0 spiro atoms. The molecular formula is C24H22N2O2S. The van der Waals surface area contributed by atoms with Crippen LogP contribution in [-0.4, -0.2) is 17.5 Å². The van der Waals surface area contributed by atoms with Crippen molar-refractivity contribution in [2.45, 2.75) is 20.4 Å². The Morgan fingerprint density at radius 1 is 1.03 bits per heavy atom. The van der Waals surface area contributed by atoms with Gasteiger partial charge < -0.3 is 4.74 Å². The second-order valence-electron chi connectivity index (χ2n) is 6.78. The molecule has 0 aliphatic heterocycles. The summed E-state index contributed by atoms with van der Waals surface area (Å²) in [5, 5.41) is 0.669. The number of carbonyl (C=O) groups is 1. The van der Waals surface area contributed by atoms with Crippen LogP contribution in [0.4, 0.5) is 5.13 Å². The van der Waals surface area contributed by atoms with E-state index in [0.717, 1.165) is 27.1 Å². The van der Waals surface area contributed by atoms with Crippen molar-refractivity contribution in [3.05, 3.63) is 89.5 Å². The number of amides is 1. The first-order valence-electron chi connectivity index (χ1n) is 9.60. The zero-order chi connectivity index (χ0) is 20.2. The Morgan fingerprint density at radius 2 is 1.83 bits per heavy atom. The van der Waals surface area contributed by atoms with E-state index in [4.69, 9.17) is 9.72 Å². The van der Waals surface area contributed by atoms with Crippen LogP contribution >= 0.6 is 11.3 Å². The van der Waals surface area contributed by atoms with Crippen LogP contribution in [0.2, 0.25) is 0 Å². The molecule has 3 aromatic carbocycles. The lowest BCUT2D eigenvalue weighted by molar-refractivity contribution is 0.0985. The van der Waals surface area contributed by atoms with Crippen LogP contribution in [0.1, 0.15) is 28.4 Å². The highest BCUT2D eigenvalue weighted by Gasteiger charge is 2.22. The number of anilines is 1. The van der Waals surface area contributed by atoms with Gasteiger partial charge in [0.05, 0.1) is 17.9 Å². The molecular weight excluding hydrogens is 380 g/mol. The largest absolute Gasteiger partial charge is 0.492 e. The molecule has 0 unspecified atom stereocenters. The average molecular weight is 403 g/mol. The zero-order valence-corrected chi connectivity index (χ0v) is 17.3. The van der Waals surface area contributed by atoms with Crippen molar-refractivity contribution in [3.63, 3.8) is 0 Å². The van der Waals surface area contributed by atoms with Crippen molar-refractivity contribution in [1.29, 1.82) is 0 Å². The summed E-state index contributed by atoms with van der Waals surface area (Å²) >= 11 is 1.51. The van der Waals surface area contributed by atoms with Crippen molar-refractivity contribution in [3.8, 4) is 5.75 Å². The molecule has 0 aliphatic carbocycles. The number of aryl methyl sites for hydroxylation is 1. The van der Waals surface area contributed by atoms with Gasteiger partial charge in [0, 0.05) is 5.56 Å². The minimum absolute atomic E-state index is 0.0606. The van der Waals surface area contributed by atoms with Gasteiger partial charge in [-0.3, -0.25) is 9.69 Å². The maximum Gasteiger partial charge on any atom is 0.260 e. The molecule has 1 amide bonds. The standard InChI is InChI=1S/C24H22N2O2S/c1-3-28-20-13-8-14-21-22(20)25-24(29-21)26(16-18-10-5-4-6-11-18)23(27)19-12-7-9-17(2)15-19/h4-15H,3,16H2,1-2H3. The van der Waals surface area contributed by atoms with Gasteiger partial charge in [0.1, 0.15) is 11.3 Å². The van der Waals surface area contributed by atoms with Crippen molar-refractivity contribution < 1.29 is 9.53 Å². The first kappa shape index (κ1) is 19.2. The molecule has 146 valence electrons. The van der Waals surface area contributed by atoms with Gasteiger partial charge in [-0.2, -0.15) is 0 Å². The van der Waals surface area contributed by atoms with Crippen molar-refractivity contribution in [2.24, 2.45) is 0 Å². The first-order chi connectivity index (χ1) is 14.2. The molecule has 0 saturated heterocycles. The van der Waals surface area contributed by atoms with Crippen LogP contribution < -0.4 is 9.64 Å². The lowest BCUT2D eigenvalue weighted by Gasteiger charge is -2.20. The summed E-state index contributed by atoms with van der Waals surface area (Å²) in [7, 11) is 0. The van der Waals surface area contributed by atoms with Crippen LogP contribution in [0.15, 0.2) is 72.8 Å². The molecule has 0 aliphatic rings. The van der Waals surface area contributed by atoms with E-state index in [1.54, 1.807) is 4.90 Å². The molecule has 4 nitrogen and oxygen atoms in total. The Morgan fingerprint density at radius 3 is 2.59 bits per heavy atom. The van der Waals surface area contributed by atoms with E-state index >= 15 is 0 Å². The Labute approximate surface area is 174 Å². The third kappa shape index (κ3) is 4.15. The molecule has 0 saturated carbocycles. The summed E-state index contributed by atoms with van der Waals surface area (Å²) in [6.45, 7) is 4.97. The monoisotopic (exact) mass is 402 g/mol. The second kappa shape index (κ2) is 8.45. The molecule has 5 heteroatoms. The fraction of sp³-hybridized carbons (Fsp3) is 0.167. The smallest absolute Gasteiger partial charge is 0.260 e. The number of hydrogen-bond acceptors (Lipinski definition) is 4. The number of nitrogens with zero attached hydrogens (tertiary/aromatic N) is 2. The number of aromatic nitrogens is 1. The Balaban J connectivity index is 1.78. The van der Waals surface area contributed by atoms with Gasteiger partial charge in [0.25, 0.3) is 5.91 Å². The van der Waals surface area contributed by atoms with Gasteiger partial charge in [0.15, 0.2) is 5.13 Å². The van der Waals surface area contributed by atoms with Crippen molar-refractivity contribution in [2.75, 3.05) is 11.5 Å². The van der Waals surface area contributed by atoms with Crippen LogP contribution in [0, 0.1) is 6.92 Å². The van der Waals surface area contributed by atoms with E-state index < -0.39 is 0 Å². The molecule has 0 fully saturated rings. The molecule has 0 bridgehead atoms. The third-order valence-electron chi connectivity index (χ3n) is 4.60. The summed E-state index contributed by atoms with van der Waals surface area (Å²) in [5.41, 5.74) is 3.56. The third-order valence-corrected chi connectivity index (χ3v) is 5.64. The van der Waals surface area contributed by atoms with E-state index in [1.165, 1.54) is 11.3 Å². The summed E-state index contributed by atoms with van der Waals surface area (Å²) < 4.78 is 6.73. The predicted molar refractivity (Wildman–Crippen MR) is 119 cm³/mol. The maximum absolute atomic E-state index is 13.5. The Bertz CT molecular complexity index is 1140. The van der Waals surface area contributed by atoms with E-state index in [2.05, 4.69) is 0 Å². The van der Waals surface area contributed by atoms with E-state index in [9.17, 15) is 4.79 Å². The number of carbonyl (C=O) groups excluding carboxylic acids is 1. The fourth-order valence-electron chi connectivity index (χ4n) is 3.23. The van der Waals surface area contributed by atoms with Gasteiger partial charge in [-0.15, -0.1) is 0 Å². The number of ether oxygens (including phenoxy) is 1. The molecule has 29 heavy (non-hydrogen) atoms. The predicted octanol–water partition coefficient (Wildman–Crippen LogP) is 5.85. The summed E-state index contributed by atoms with van der Waals surface area (Å²) in [4.78, 5) is 20.0. The normalized spacial score (nSPS) is 10.8. The minimum Gasteiger partial charge on any atom is -0.492 e. The SMILES string of the molecule is CCOc1cccc2sc(N(Cc3ccccc3)C(=O)c3cccc(C)c3)nc12. The number of thiazole rings is 1. The van der Waals surface area contributed by atoms with Gasteiger partial charge in [0.2, 0.25) is 0 Å². The zero-order valence-electron chi connectivity index (χ0n) is 16.5. The highest BCUT2D eigenvalue weighted by atomic mass is 32.1. The van der Waals surface area contributed by atoms with Crippen LogP contribution in [0.3, 0.4) is 0 Å². The summed E-state index contributed by atoms with van der Waals surface area (Å²) in [6, 6.07) is 23.5. The quantitative estimate of drug-likeness (QED) is 0.406. The maximum atomic E-state index is 13.5. The van der Waals surface area contributed by atoms with Crippen LogP contribution in [0.5, 0.6) is 5.75 Å². The highest BCUT2D eigenvalue weighted by Crippen LogP contribution is 2.35. The minimum atomic E-state index is -0.0606. The van der Waals surface area contributed by atoms with E-state index in [0.29, 0.717) is 23.8 Å². The van der Waals surface area contributed by atoms with Gasteiger partial charge in [-0.25, -0.2) is 4.98 Å². The van der Waals surface area contributed by atoms with Crippen molar-refractivity contribution in [1.82, 2.24) is 4.98 Å². The molecule has 0 atom stereocenters. The molecule has 1 aromatic heterocycles. The number of rotatable bonds is 6. The van der Waals surface area contributed by atoms with Crippen LogP contribution in [0.25, 0.3) is 10.2 Å². The lowest BCUT2D eigenvalue weighted by atomic mass is 10.1. The summed E-state index contributed by atoms with van der Waals surface area (Å²) in [6.07, 6.45) is 0. The number of para-hydroxylation sites is 1. The van der Waals surface area contributed by atoms with E-state index in [1.807, 2.05) is 86.6 Å². The number of hydrogen-bond donors (Lipinski definition) is 0. The Kier molecular flexibility index (Phi) is 5.58. The first-order valence-corrected chi connectivity index (χ1v) is 10.4. The molecule has 0 radical (unpaired) electrons. The Hall–Kier alpha value is -3.18. The molecule has 4 rings (SSSR count). The van der Waals surface area contributed by atoms with E-state index in [-0.39, 0.29) is 5.91 Å². The second-order valence-corrected chi connectivity index (χ2v) is 7.79. The van der Waals surface area contributed by atoms with Crippen LogP contribution in [-0.2, 0) is 6.54 Å². The number of benzene rings is 3. The lowest BCUT2D eigenvalue weighted by Crippen LogP contribution is -2.30. The molecule has 4 aromatic rings. The number of fused-ring (bicyclic) bond motifs is 1. The topological polar surface area (TPSA) is 42.4 Å².